The highest BCUT2D eigenvalue weighted by Gasteiger charge is 2.34. The molecule has 2 N–H and O–H groups in total. The summed E-state index contributed by atoms with van der Waals surface area (Å²) in [6.45, 7) is 6.02. The van der Waals surface area contributed by atoms with E-state index < -0.39 is 6.04 Å². The maximum absolute atomic E-state index is 13.0. The Bertz CT molecular complexity index is 939. The van der Waals surface area contributed by atoms with Crippen molar-refractivity contribution < 1.29 is 14.4 Å². The number of nitrogens with one attached hydrogen (secondary N) is 2. The van der Waals surface area contributed by atoms with Gasteiger partial charge >= 0.3 is 6.03 Å². The zero-order valence-corrected chi connectivity index (χ0v) is 17.1. The Morgan fingerprint density at radius 2 is 1.86 bits per heavy atom. The molecule has 0 aliphatic carbocycles. The number of urea groups is 1. The number of ketones is 1. The van der Waals surface area contributed by atoms with Crippen molar-refractivity contribution in [1.82, 2.24) is 4.90 Å². The molecule has 29 heavy (non-hydrogen) atoms. The minimum Gasteiger partial charge on any atom is -0.324 e. The Kier molecular flexibility index (Phi) is 6.32. The third-order valence-corrected chi connectivity index (χ3v) is 5.32. The van der Waals surface area contributed by atoms with Gasteiger partial charge in [-0.15, -0.1) is 0 Å². The summed E-state index contributed by atoms with van der Waals surface area (Å²) in [5.74, 6) is -0.233. The number of hydrogen-bond donors (Lipinski definition) is 2. The summed E-state index contributed by atoms with van der Waals surface area (Å²) >= 11 is 0. The molecule has 1 aliphatic rings. The van der Waals surface area contributed by atoms with Gasteiger partial charge in [0.25, 0.3) is 0 Å². The van der Waals surface area contributed by atoms with Crippen molar-refractivity contribution in [3.63, 3.8) is 0 Å². The van der Waals surface area contributed by atoms with Gasteiger partial charge in [-0.1, -0.05) is 37.3 Å². The van der Waals surface area contributed by atoms with Crippen LogP contribution in [0.1, 0.15) is 48.2 Å². The fourth-order valence-corrected chi connectivity index (χ4v) is 3.70. The number of carbonyl (C=O) groups is 3. The number of para-hydroxylation sites is 1. The van der Waals surface area contributed by atoms with Gasteiger partial charge in [-0.05, 0) is 56.4 Å². The van der Waals surface area contributed by atoms with Gasteiger partial charge in [0.15, 0.2) is 5.78 Å². The highest BCUT2D eigenvalue weighted by molar-refractivity contribution is 6.01. The molecule has 1 heterocycles. The SMILES string of the molecule is CCc1cccc(C)c1NC(=O)[C@@H]1CCCN1C(=O)Nc1cccc(C(C)=O)c1. The number of benzene rings is 2. The Hall–Kier alpha value is -3.15. The lowest BCUT2D eigenvalue weighted by molar-refractivity contribution is -0.119. The Morgan fingerprint density at radius 1 is 1.10 bits per heavy atom. The molecule has 1 saturated heterocycles. The van der Waals surface area contributed by atoms with Crippen LogP contribution in [0.4, 0.5) is 16.2 Å². The fourth-order valence-electron chi connectivity index (χ4n) is 3.70. The van der Waals surface area contributed by atoms with Crippen molar-refractivity contribution in [3.05, 3.63) is 59.2 Å². The average Bonchev–Trinajstić information content (AvgIpc) is 3.20. The molecule has 0 saturated carbocycles. The van der Waals surface area contributed by atoms with E-state index in [4.69, 9.17) is 0 Å². The number of amides is 3. The van der Waals surface area contributed by atoms with Crippen LogP contribution in [0.2, 0.25) is 0 Å². The van der Waals surface area contributed by atoms with Gasteiger partial charge in [0.2, 0.25) is 5.91 Å². The molecule has 6 heteroatoms. The predicted molar refractivity (Wildman–Crippen MR) is 114 cm³/mol. The van der Waals surface area contributed by atoms with Gasteiger partial charge < -0.3 is 15.5 Å². The standard InChI is InChI=1S/C23H27N3O3/c1-4-17-9-5-8-15(2)21(17)25-22(28)20-12-7-13-26(20)23(29)24-19-11-6-10-18(14-19)16(3)27/h5-6,8-11,14,20H,4,7,12-13H2,1-3H3,(H,24,29)(H,25,28)/t20-/m0/s1. The molecule has 0 radical (unpaired) electrons. The van der Waals surface area contributed by atoms with Crippen molar-refractivity contribution >= 4 is 29.1 Å². The first kappa shape index (κ1) is 20.6. The smallest absolute Gasteiger partial charge is 0.322 e. The highest BCUT2D eigenvalue weighted by atomic mass is 16.2. The topological polar surface area (TPSA) is 78.5 Å². The molecular weight excluding hydrogens is 366 g/mol. The Labute approximate surface area is 171 Å². The molecule has 2 aromatic rings. The fraction of sp³-hybridized carbons (Fsp3) is 0.348. The van der Waals surface area contributed by atoms with E-state index in [0.717, 1.165) is 29.7 Å². The summed E-state index contributed by atoms with van der Waals surface area (Å²) in [6, 6.07) is 11.9. The lowest BCUT2D eigenvalue weighted by atomic mass is 10.1. The number of anilines is 2. The van der Waals surface area contributed by atoms with Crippen LogP contribution in [0, 0.1) is 6.92 Å². The first-order chi connectivity index (χ1) is 13.9. The van der Waals surface area contributed by atoms with E-state index in [-0.39, 0.29) is 17.7 Å². The Balaban J connectivity index is 1.72. The molecule has 3 rings (SSSR count). The van der Waals surface area contributed by atoms with E-state index in [1.54, 1.807) is 29.2 Å². The zero-order valence-electron chi connectivity index (χ0n) is 17.1. The third kappa shape index (κ3) is 4.65. The number of likely N-dealkylation sites (tertiary alicyclic amines) is 1. The highest BCUT2D eigenvalue weighted by Crippen LogP contribution is 2.25. The monoisotopic (exact) mass is 393 g/mol. The van der Waals surface area contributed by atoms with Crippen LogP contribution in [0.3, 0.4) is 0 Å². The van der Waals surface area contributed by atoms with Crippen LogP contribution in [-0.2, 0) is 11.2 Å². The minimum atomic E-state index is -0.518. The largest absolute Gasteiger partial charge is 0.324 e. The van der Waals surface area contributed by atoms with Gasteiger partial charge in [-0.3, -0.25) is 9.59 Å². The molecular formula is C23H27N3O3. The normalized spacial score (nSPS) is 15.8. The molecule has 0 bridgehead atoms. The summed E-state index contributed by atoms with van der Waals surface area (Å²) in [5.41, 5.74) is 3.99. The van der Waals surface area contributed by atoms with Crippen molar-refractivity contribution in [1.29, 1.82) is 0 Å². The first-order valence-electron chi connectivity index (χ1n) is 9.98. The van der Waals surface area contributed by atoms with Crippen LogP contribution in [0.5, 0.6) is 0 Å². The van der Waals surface area contributed by atoms with Crippen molar-refractivity contribution in [2.45, 2.75) is 46.1 Å². The molecule has 0 spiro atoms. The second kappa shape index (κ2) is 8.90. The molecule has 1 atom stereocenters. The van der Waals surface area contributed by atoms with Gasteiger partial charge in [-0.25, -0.2) is 4.79 Å². The van der Waals surface area contributed by atoms with Crippen LogP contribution in [-0.4, -0.2) is 35.2 Å². The second-order valence-corrected chi connectivity index (χ2v) is 7.37. The zero-order chi connectivity index (χ0) is 21.0. The number of Topliss-reactive ketones (excluding diaryl/α,β-unsaturated/α-hetero) is 1. The third-order valence-electron chi connectivity index (χ3n) is 5.32. The molecule has 0 unspecified atom stereocenters. The summed E-state index contributed by atoms with van der Waals surface area (Å²) in [6.07, 6.45) is 2.21. The molecule has 6 nitrogen and oxygen atoms in total. The van der Waals surface area contributed by atoms with E-state index in [9.17, 15) is 14.4 Å². The molecule has 3 amide bonds. The Morgan fingerprint density at radius 3 is 2.59 bits per heavy atom. The van der Waals surface area contributed by atoms with E-state index in [1.165, 1.54) is 6.92 Å². The summed E-state index contributed by atoms with van der Waals surface area (Å²) < 4.78 is 0. The molecule has 1 aliphatic heterocycles. The molecule has 0 aromatic heterocycles. The molecule has 2 aromatic carbocycles. The quantitative estimate of drug-likeness (QED) is 0.739. The van der Waals surface area contributed by atoms with Crippen LogP contribution >= 0.6 is 0 Å². The van der Waals surface area contributed by atoms with Gasteiger partial charge in [0.1, 0.15) is 6.04 Å². The maximum Gasteiger partial charge on any atom is 0.322 e. The summed E-state index contributed by atoms with van der Waals surface area (Å²) in [7, 11) is 0. The number of aryl methyl sites for hydroxylation is 2. The van der Waals surface area contributed by atoms with E-state index >= 15 is 0 Å². The number of carbonyl (C=O) groups excluding carboxylic acids is 3. The number of hydrogen-bond acceptors (Lipinski definition) is 3. The van der Waals surface area contributed by atoms with Gasteiger partial charge in [0, 0.05) is 23.5 Å². The van der Waals surface area contributed by atoms with Crippen molar-refractivity contribution in [2.24, 2.45) is 0 Å². The van der Waals surface area contributed by atoms with Crippen molar-refractivity contribution in [2.75, 3.05) is 17.2 Å². The number of rotatable bonds is 5. The predicted octanol–water partition coefficient (Wildman–Crippen LogP) is 4.40. The van der Waals surface area contributed by atoms with E-state index in [1.807, 2.05) is 25.1 Å². The van der Waals surface area contributed by atoms with Gasteiger partial charge in [0.05, 0.1) is 0 Å². The van der Waals surface area contributed by atoms with E-state index in [2.05, 4.69) is 17.6 Å². The summed E-state index contributed by atoms with van der Waals surface area (Å²) in [5, 5.41) is 5.86. The van der Waals surface area contributed by atoms with E-state index in [0.29, 0.717) is 24.2 Å². The number of nitrogens with zero attached hydrogens (tertiary/aromatic N) is 1. The summed E-state index contributed by atoms with van der Waals surface area (Å²) in [4.78, 5) is 38.9. The first-order valence-corrected chi connectivity index (χ1v) is 9.98. The van der Waals surface area contributed by atoms with Crippen LogP contribution in [0.25, 0.3) is 0 Å². The minimum absolute atomic E-state index is 0.0653. The van der Waals surface area contributed by atoms with Gasteiger partial charge in [-0.2, -0.15) is 0 Å². The average molecular weight is 393 g/mol. The maximum atomic E-state index is 13.0. The molecule has 152 valence electrons. The lowest BCUT2D eigenvalue weighted by Crippen LogP contribution is -2.45. The van der Waals surface area contributed by atoms with Crippen molar-refractivity contribution in [3.8, 4) is 0 Å². The van der Waals surface area contributed by atoms with Crippen LogP contribution < -0.4 is 10.6 Å². The molecule has 1 fully saturated rings. The lowest BCUT2D eigenvalue weighted by Gasteiger charge is -2.25. The van der Waals surface area contributed by atoms with Crippen LogP contribution in [0.15, 0.2) is 42.5 Å². The second-order valence-electron chi connectivity index (χ2n) is 7.37.